The van der Waals surface area contributed by atoms with Gasteiger partial charge in [-0.05, 0) is 29.8 Å². The first kappa shape index (κ1) is 13.0. The van der Waals surface area contributed by atoms with Gasteiger partial charge in [0.15, 0.2) is 0 Å². The Balaban J connectivity index is 1.99. The lowest BCUT2D eigenvalue weighted by atomic mass is 10.2. The Labute approximate surface area is 110 Å². The van der Waals surface area contributed by atoms with Crippen LogP contribution in [0.4, 0.5) is 10.2 Å². The summed E-state index contributed by atoms with van der Waals surface area (Å²) in [6.45, 7) is 0.357. The number of amides is 1. The van der Waals surface area contributed by atoms with Gasteiger partial charge in [0.1, 0.15) is 11.6 Å². The maximum absolute atomic E-state index is 12.7. The molecule has 4 nitrogen and oxygen atoms in total. The zero-order chi connectivity index (χ0) is 13.7. The monoisotopic (exact) mass is 259 g/mol. The minimum atomic E-state index is -0.289. The summed E-state index contributed by atoms with van der Waals surface area (Å²) in [5.74, 6) is 0.153. The zero-order valence-corrected chi connectivity index (χ0v) is 10.5. The van der Waals surface area contributed by atoms with Crippen LogP contribution in [0.1, 0.15) is 15.9 Å². The van der Waals surface area contributed by atoms with Crippen molar-refractivity contribution in [2.75, 3.05) is 12.4 Å². The highest BCUT2D eigenvalue weighted by atomic mass is 19.1. The molecule has 19 heavy (non-hydrogen) atoms. The molecule has 1 amide bonds. The second-order valence-electron chi connectivity index (χ2n) is 3.99. The average molecular weight is 259 g/mol. The van der Waals surface area contributed by atoms with Crippen LogP contribution < -0.4 is 10.6 Å². The first-order chi connectivity index (χ1) is 9.19. The zero-order valence-electron chi connectivity index (χ0n) is 10.5. The lowest BCUT2D eigenvalue weighted by Gasteiger charge is -2.06. The van der Waals surface area contributed by atoms with Gasteiger partial charge >= 0.3 is 0 Å². The maximum atomic E-state index is 12.7. The summed E-state index contributed by atoms with van der Waals surface area (Å²) in [5, 5.41) is 5.64. The van der Waals surface area contributed by atoms with E-state index >= 15 is 0 Å². The molecule has 2 aromatic rings. The van der Waals surface area contributed by atoms with Gasteiger partial charge in [0, 0.05) is 25.4 Å². The molecule has 0 aliphatic heterocycles. The van der Waals surface area contributed by atoms with Crippen molar-refractivity contribution in [1.29, 1.82) is 0 Å². The number of carbonyl (C=O) groups excluding carboxylic acids is 1. The van der Waals surface area contributed by atoms with Gasteiger partial charge in [-0.3, -0.25) is 4.79 Å². The molecule has 5 heteroatoms. The third-order valence-corrected chi connectivity index (χ3v) is 2.64. The van der Waals surface area contributed by atoms with Gasteiger partial charge in [-0.2, -0.15) is 0 Å². The second-order valence-corrected chi connectivity index (χ2v) is 3.99. The molecule has 1 aromatic carbocycles. The molecule has 2 N–H and O–H groups in total. The van der Waals surface area contributed by atoms with Crippen molar-refractivity contribution in [3.8, 4) is 0 Å². The van der Waals surface area contributed by atoms with Crippen molar-refractivity contribution in [2.24, 2.45) is 0 Å². The summed E-state index contributed by atoms with van der Waals surface area (Å²) in [5.41, 5.74) is 1.37. The molecule has 0 saturated carbocycles. The Kier molecular flexibility index (Phi) is 4.07. The van der Waals surface area contributed by atoms with E-state index in [1.807, 2.05) is 0 Å². The van der Waals surface area contributed by atoms with Crippen LogP contribution in [0.5, 0.6) is 0 Å². The standard InChI is InChI=1S/C14H14FN3O/c1-16-13-8-11(6-7-17-13)14(19)18-9-10-2-4-12(15)5-3-10/h2-8H,9H2,1H3,(H,16,17)(H,18,19). The van der Waals surface area contributed by atoms with E-state index < -0.39 is 0 Å². The van der Waals surface area contributed by atoms with E-state index in [-0.39, 0.29) is 11.7 Å². The van der Waals surface area contributed by atoms with E-state index in [9.17, 15) is 9.18 Å². The highest BCUT2D eigenvalue weighted by Crippen LogP contribution is 2.07. The van der Waals surface area contributed by atoms with Crippen LogP contribution in [0.3, 0.4) is 0 Å². The highest BCUT2D eigenvalue weighted by molar-refractivity contribution is 5.94. The molecule has 0 spiro atoms. The number of aromatic nitrogens is 1. The first-order valence-corrected chi connectivity index (χ1v) is 5.85. The minimum absolute atomic E-state index is 0.191. The molecule has 0 unspecified atom stereocenters. The van der Waals surface area contributed by atoms with Gasteiger partial charge in [0.2, 0.25) is 0 Å². The quantitative estimate of drug-likeness (QED) is 0.885. The molecule has 1 heterocycles. The first-order valence-electron chi connectivity index (χ1n) is 5.85. The van der Waals surface area contributed by atoms with Crippen molar-refractivity contribution in [3.63, 3.8) is 0 Å². The molecular formula is C14H14FN3O. The Morgan fingerprint density at radius 3 is 2.68 bits per heavy atom. The third-order valence-electron chi connectivity index (χ3n) is 2.64. The molecular weight excluding hydrogens is 245 g/mol. The fourth-order valence-corrected chi connectivity index (χ4v) is 1.60. The molecule has 0 atom stereocenters. The maximum Gasteiger partial charge on any atom is 0.251 e. The van der Waals surface area contributed by atoms with E-state index in [0.29, 0.717) is 17.9 Å². The predicted octanol–water partition coefficient (Wildman–Crippen LogP) is 2.19. The highest BCUT2D eigenvalue weighted by Gasteiger charge is 2.06. The summed E-state index contributed by atoms with van der Waals surface area (Å²) in [7, 11) is 1.74. The summed E-state index contributed by atoms with van der Waals surface area (Å²) < 4.78 is 12.7. The molecule has 0 fully saturated rings. The summed E-state index contributed by atoms with van der Waals surface area (Å²) in [6.07, 6.45) is 1.57. The molecule has 2 rings (SSSR count). The number of hydrogen-bond donors (Lipinski definition) is 2. The van der Waals surface area contributed by atoms with Gasteiger partial charge in [-0.15, -0.1) is 0 Å². The number of pyridine rings is 1. The molecule has 0 aliphatic rings. The van der Waals surface area contributed by atoms with Gasteiger partial charge in [-0.1, -0.05) is 12.1 Å². The summed E-state index contributed by atoms with van der Waals surface area (Å²) in [6, 6.07) is 9.32. The lowest BCUT2D eigenvalue weighted by molar-refractivity contribution is 0.0951. The molecule has 0 aliphatic carbocycles. The van der Waals surface area contributed by atoms with Gasteiger partial charge in [-0.25, -0.2) is 9.37 Å². The van der Waals surface area contributed by atoms with Crippen molar-refractivity contribution in [3.05, 3.63) is 59.5 Å². The normalized spacial score (nSPS) is 10.0. The number of hydrogen-bond acceptors (Lipinski definition) is 3. The molecule has 0 bridgehead atoms. The topological polar surface area (TPSA) is 54.0 Å². The third kappa shape index (κ3) is 3.51. The van der Waals surface area contributed by atoms with Crippen LogP contribution in [0.2, 0.25) is 0 Å². The van der Waals surface area contributed by atoms with Crippen LogP contribution in [-0.4, -0.2) is 17.9 Å². The van der Waals surface area contributed by atoms with Gasteiger partial charge < -0.3 is 10.6 Å². The summed E-state index contributed by atoms with van der Waals surface area (Å²) >= 11 is 0. The molecule has 0 radical (unpaired) electrons. The van der Waals surface area contributed by atoms with Crippen molar-refractivity contribution in [1.82, 2.24) is 10.3 Å². The lowest BCUT2D eigenvalue weighted by Crippen LogP contribution is -2.22. The number of nitrogens with zero attached hydrogens (tertiary/aromatic N) is 1. The second kappa shape index (κ2) is 5.95. The predicted molar refractivity (Wildman–Crippen MR) is 71.4 cm³/mol. The fraction of sp³-hybridized carbons (Fsp3) is 0.143. The largest absolute Gasteiger partial charge is 0.373 e. The van der Waals surface area contributed by atoms with Gasteiger partial charge in [0.25, 0.3) is 5.91 Å². The Morgan fingerprint density at radius 1 is 1.26 bits per heavy atom. The Hall–Kier alpha value is -2.43. The Bertz CT molecular complexity index is 569. The van der Waals surface area contributed by atoms with Crippen molar-refractivity contribution in [2.45, 2.75) is 6.54 Å². The molecule has 0 saturated heterocycles. The van der Waals surface area contributed by atoms with E-state index in [1.54, 1.807) is 37.5 Å². The van der Waals surface area contributed by atoms with E-state index in [4.69, 9.17) is 0 Å². The minimum Gasteiger partial charge on any atom is -0.373 e. The number of halogens is 1. The van der Waals surface area contributed by atoms with Crippen LogP contribution >= 0.6 is 0 Å². The average Bonchev–Trinajstić information content (AvgIpc) is 2.46. The number of nitrogens with one attached hydrogen (secondary N) is 2. The summed E-state index contributed by atoms with van der Waals surface area (Å²) in [4.78, 5) is 15.9. The number of rotatable bonds is 4. The smallest absolute Gasteiger partial charge is 0.251 e. The Morgan fingerprint density at radius 2 is 2.00 bits per heavy atom. The number of anilines is 1. The number of carbonyl (C=O) groups is 1. The van der Waals surface area contributed by atoms with Crippen LogP contribution in [0.25, 0.3) is 0 Å². The van der Waals surface area contributed by atoms with Crippen LogP contribution in [0.15, 0.2) is 42.6 Å². The van der Waals surface area contributed by atoms with E-state index in [2.05, 4.69) is 15.6 Å². The molecule has 1 aromatic heterocycles. The SMILES string of the molecule is CNc1cc(C(=O)NCc2ccc(F)cc2)ccn1. The van der Waals surface area contributed by atoms with Crippen LogP contribution in [0, 0.1) is 5.82 Å². The molecule has 98 valence electrons. The van der Waals surface area contributed by atoms with Gasteiger partial charge in [0.05, 0.1) is 0 Å². The fourth-order valence-electron chi connectivity index (χ4n) is 1.60. The number of benzene rings is 1. The van der Waals surface area contributed by atoms with E-state index in [0.717, 1.165) is 5.56 Å². The van der Waals surface area contributed by atoms with E-state index in [1.165, 1.54) is 12.1 Å². The van der Waals surface area contributed by atoms with Crippen LogP contribution in [-0.2, 0) is 6.54 Å². The van der Waals surface area contributed by atoms with Crippen molar-refractivity contribution >= 4 is 11.7 Å². The van der Waals surface area contributed by atoms with Crippen molar-refractivity contribution < 1.29 is 9.18 Å².